The molecule has 0 aliphatic carbocycles. The zero-order valence-corrected chi connectivity index (χ0v) is 10.7. The highest BCUT2D eigenvalue weighted by Crippen LogP contribution is 2.21. The molecule has 0 atom stereocenters. The molecule has 3 aromatic rings. The number of furan rings is 1. The standard InChI is InChI=1S/C14H11FN2O3/c1-9-11(6-7-19-9)13-16-17(14(18)20-13)8-10-4-2-3-5-12(10)15/h2-7H,8H2,1H3. The van der Waals surface area contributed by atoms with Crippen molar-refractivity contribution in [2.45, 2.75) is 13.5 Å². The average molecular weight is 274 g/mol. The minimum absolute atomic E-state index is 0.0197. The molecule has 1 aromatic carbocycles. The molecule has 0 aliphatic rings. The summed E-state index contributed by atoms with van der Waals surface area (Å²) in [5, 5.41) is 4.06. The summed E-state index contributed by atoms with van der Waals surface area (Å²) >= 11 is 0. The van der Waals surface area contributed by atoms with Gasteiger partial charge in [-0.1, -0.05) is 18.2 Å². The predicted molar refractivity (Wildman–Crippen MR) is 68.7 cm³/mol. The SMILES string of the molecule is Cc1occc1-c1nn(Cc2ccccc2F)c(=O)o1. The summed E-state index contributed by atoms with van der Waals surface area (Å²) in [6.45, 7) is 1.76. The summed E-state index contributed by atoms with van der Waals surface area (Å²) in [5.74, 6) is -0.255. The molecule has 5 nitrogen and oxygen atoms in total. The third-order valence-corrected chi connectivity index (χ3v) is 2.97. The van der Waals surface area contributed by atoms with E-state index in [1.807, 2.05) is 0 Å². The third-order valence-electron chi connectivity index (χ3n) is 2.97. The molecule has 2 aromatic heterocycles. The van der Waals surface area contributed by atoms with E-state index in [0.29, 0.717) is 16.9 Å². The maximum Gasteiger partial charge on any atom is 0.437 e. The second-order valence-corrected chi connectivity index (χ2v) is 4.31. The molecule has 0 fully saturated rings. The fourth-order valence-electron chi connectivity index (χ4n) is 1.91. The Morgan fingerprint density at radius 1 is 1.30 bits per heavy atom. The molecule has 6 heteroatoms. The van der Waals surface area contributed by atoms with Crippen molar-refractivity contribution in [2.75, 3.05) is 0 Å². The molecule has 0 bridgehead atoms. The molecule has 102 valence electrons. The highest BCUT2D eigenvalue weighted by atomic mass is 19.1. The topological polar surface area (TPSA) is 61.2 Å². The maximum absolute atomic E-state index is 13.6. The maximum atomic E-state index is 13.6. The Morgan fingerprint density at radius 3 is 2.80 bits per heavy atom. The van der Waals surface area contributed by atoms with Crippen molar-refractivity contribution in [1.29, 1.82) is 0 Å². The number of rotatable bonds is 3. The molecule has 0 saturated carbocycles. The molecule has 0 spiro atoms. The Bertz CT molecular complexity index is 801. The highest BCUT2D eigenvalue weighted by Gasteiger charge is 2.15. The molecule has 3 rings (SSSR count). The van der Waals surface area contributed by atoms with Gasteiger partial charge in [0.1, 0.15) is 11.6 Å². The van der Waals surface area contributed by atoms with Crippen LogP contribution in [-0.4, -0.2) is 9.78 Å². The Morgan fingerprint density at radius 2 is 2.10 bits per heavy atom. The summed E-state index contributed by atoms with van der Waals surface area (Å²) in [4.78, 5) is 11.7. The van der Waals surface area contributed by atoms with Crippen LogP contribution in [0.4, 0.5) is 4.39 Å². The van der Waals surface area contributed by atoms with E-state index in [-0.39, 0.29) is 18.3 Å². The van der Waals surface area contributed by atoms with Gasteiger partial charge in [-0.2, -0.15) is 4.68 Å². The van der Waals surface area contributed by atoms with Gasteiger partial charge < -0.3 is 8.83 Å². The Hall–Kier alpha value is -2.63. The van der Waals surface area contributed by atoms with Gasteiger partial charge in [-0.15, -0.1) is 5.10 Å². The third kappa shape index (κ3) is 2.16. The van der Waals surface area contributed by atoms with E-state index in [9.17, 15) is 9.18 Å². The number of nitrogens with zero attached hydrogens (tertiary/aromatic N) is 2. The van der Waals surface area contributed by atoms with Gasteiger partial charge in [0.15, 0.2) is 0 Å². The van der Waals surface area contributed by atoms with E-state index < -0.39 is 5.76 Å². The first-order chi connectivity index (χ1) is 9.65. The van der Waals surface area contributed by atoms with Gasteiger partial charge in [-0.05, 0) is 19.1 Å². The zero-order chi connectivity index (χ0) is 14.1. The lowest BCUT2D eigenvalue weighted by Gasteiger charge is -2.00. The molecular formula is C14H11FN2O3. The summed E-state index contributed by atoms with van der Waals surface area (Å²) in [5.41, 5.74) is 0.979. The first-order valence-corrected chi connectivity index (χ1v) is 6.01. The normalized spacial score (nSPS) is 10.9. The lowest BCUT2D eigenvalue weighted by Crippen LogP contribution is -2.17. The van der Waals surface area contributed by atoms with Crippen molar-refractivity contribution in [2.24, 2.45) is 0 Å². The smallest absolute Gasteiger partial charge is 0.437 e. The van der Waals surface area contributed by atoms with Gasteiger partial charge in [-0.25, -0.2) is 9.18 Å². The van der Waals surface area contributed by atoms with E-state index >= 15 is 0 Å². The van der Waals surface area contributed by atoms with Crippen LogP contribution in [-0.2, 0) is 6.54 Å². The van der Waals surface area contributed by atoms with Crippen LogP contribution in [0.3, 0.4) is 0 Å². The zero-order valence-electron chi connectivity index (χ0n) is 10.7. The van der Waals surface area contributed by atoms with Crippen molar-refractivity contribution in [3.8, 4) is 11.5 Å². The number of aromatic nitrogens is 2. The van der Waals surface area contributed by atoms with E-state index in [0.717, 1.165) is 4.68 Å². The quantitative estimate of drug-likeness (QED) is 0.736. The molecule has 0 radical (unpaired) electrons. The summed E-state index contributed by atoms with van der Waals surface area (Å²) in [7, 11) is 0. The Balaban J connectivity index is 1.97. The van der Waals surface area contributed by atoms with E-state index in [1.54, 1.807) is 31.2 Å². The number of benzene rings is 1. The first-order valence-electron chi connectivity index (χ1n) is 6.01. The Labute approximate surface area is 113 Å². The van der Waals surface area contributed by atoms with Crippen LogP contribution in [0.15, 0.2) is 50.2 Å². The van der Waals surface area contributed by atoms with Crippen LogP contribution >= 0.6 is 0 Å². The van der Waals surface area contributed by atoms with Crippen LogP contribution < -0.4 is 5.76 Å². The summed E-state index contributed by atoms with van der Waals surface area (Å²) in [6, 6.07) is 7.88. The lowest BCUT2D eigenvalue weighted by molar-refractivity contribution is 0.488. The average Bonchev–Trinajstić information content (AvgIpc) is 2.99. The van der Waals surface area contributed by atoms with E-state index in [2.05, 4.69) is 5.10 Å². The monoisotopic (exact) mass is 274 g/mol. The van der Waals surface area contributed by atoms with Gasteiger partial charge in [0.25, 0.3) is 5.89 Å². The van der Waals surface area contributed by atoms with Crippen molar-refractivity contribution < 1.29 is 13.2 Å². The number of hydrogen-bond donors (Lipinski definition) is 0. The minimum atomic E-state index is -0.635. The largest absolute Gasteiger partial charge is 0.469 e. The summed E-state index contributed by atoms with van der Waals surface area (Å²) in [6.07, 6.45) is 1.49. The van der Waals surface area contributed by atoms with Gasteiger partial charge in [0.05, 0.1) is 18.4 Å². The number of hydrogen-bond acceptors (Lipinski definition) is 4. The fraction of sp³-hybridized carbons (Fsp3) is 0.143. The van der Waals surface area contributed by atoms with Crippen LogP contribution in [0.5, 0.6) is 0 Å². The molecule has 0 N–H and O–H groups in total. The number of aryl methyl sites for hydroxylation is 1. The molecule has 20 heavy (non-hydrogen) atoms. The lowest BCUT2D eigenvalue weighted by atomic mass is 10.2. The van der Waals surface area contributed by atoms with Gasteiger partial charge in [0.2, 0.25) is 0 Å². The first kappa shape index (κ1) is 12.4. The fourth-order valence-corrected chi connectivity index (χ4v) is 1.91. The number of halogens is 1. The van der Waals surface area contributed by atoms with Gasteiger partial charge >= 0.3 is 5.76 Å². The van der Waals surface area contributed by atoms with Crippen LogP contribution in [0.2, 0.25) is 0 Å². The van der Waals surface area contributed by atoms with Gasteiger partial charge in [0, 0.05) is 5.56 Å². The second kappa shape index (κ2) is 4.80. The molecule has 0 amide bonds. The molecule has 0 aliphatic heterocycles. The van der Waals surface area contributed by atoms with Crippen LogP contribution in [0.25, 0.3) is 11.5 Å². The van der Waals surface area contributed by atoms with Crippen molar-refractivity contribution in [3.63, 3.8) is 0 Å². The van der Waals surface area contributed by atoms with Gasteiger partial charge in [-0.3, -0.25) is 0 Å². The highest BCUT2D eigenvalue weighted by molar-refractivity contribution is 5.54. The minimum Gasteiger partial charge on any atom is -0.469 e. The molecule has 0 saturated heterocycles. The van der Waals surface area contributed by atoms with Crippen LogP contribution in [0, 0.1) is 12.7 Å². The van der Waals surface area contributed by atoms with E-state index in [4.69, 9.17) is 8.83 Å². The van der Waals surface area contributed by atoms with Crippen molar-refractivity contribution in [1.82, 2.24) is 9.78 Å². The Kier molecular flexibility index (Phi) is 2.98. The molecular weight excluding hydrogens is 263 g/mol. The molecule has 2 heterocycles. The van der Waals surface area contributed by atoms with Crippen molar-refractivity contribution >= 4 is 0 Å². The molecule has 0 unspecified atom stereocenters. The second-order valence-electron chi connectivity index (χ2n) is 4.31. The van der Waals surface area contributed by atoms with E-state index in [1.165, 1.54) is 12.3 Å². The van der Waals surface area contributed by atoms with Crippen molar-refractivity contribution in [3.05, 3.63) is 64.3 Å². The predicted octanol–water partition coefficient (Wildman–Crippen LogP) is 2.59. The van der Waals surface area contributed by atoms with Crippen LogP contribution in [0.1, 0.15) is 11.3 Å². The summed E-state index contributed by atoms with van der Waals surface area (Å²) < 4.78 is 24.8.